The fourth-order valence-corrected chi connectivity index (χ4v) is 8.47. The minimum Gasteiger partial charge on any atom is -0.492 e. The number of aliphatic hydroxyl groups is 1. The molecule has 4 aromatic rings. The number of pyridine rings is 1. The number of benzene rings is 2. The fraction of sp³-hybridized carbons (Fsp3) is 0.487. The maximum Gasteiger partial charge on any atom is 0.471 e. The summed E-state index contributed by atoms with van der Waals surface area (Å²) in [6.07, 6.45) is -1.35. The van der Waals surface area contributed by atoms with Gasteiger partial charge in [-0.3, -0.25) is 14.5 Å². The Kier molecular flexibility index (Phi) is 10.6. The number of nitrogens with zero attached hydrogens (tertiary/aromatic N) is 4. The molecule has 2 aromatic carbocycles. The first-order valence-electron chi connectivity index (χ1n) is 17.9. The van der Waals surface area contributed by atoms with Gasteiger partial charge in [0.1, 0.15) is 11.3 Å². The molecule has 1 N–H and O–H groups in total. The maximum absolute atomic E-state index is 13.8. The molecule has 2 saturated heterocycles. The number of piperidine rings is 1. The number of ether oxygens (including phenoxy) is 2. The average molecular weight is 773 g/mol. The number of carbonyl (C=O) groups is 1. The van der Waals surface area contributed by atoms with Crippen LogP contribution in [0.1, 0.15) is 51.7 Å². The van der Waals surface area contributed by atoms with Crippen LogP contribution in [0.3, 0.4) is 0 Å². The molecule has 0 bridgehead atoms. The zero-order valence-electron chi connectivity index (χ0n) is 31.3. The second kappa shape index (κ2) is 14.5. The van der Waals surface area contributed by atoms with Crippen molar-refractivity contribution in [3.05, 3.63) is 82.4 Å². The Labute approximate surface area is 312 Å². The highest BCUT2D eigenvalue weighted by Gasteiger charge is 2.44. The van der Waals surface area contributed by atoms with Crippen LogP contribution in [0.25, 0.3) is 22.0 Å². The van der Waals surface area contributed by atoms with E-state index in [0.717, 1.165) is 14.4 Å². The number of carbonyl (C=O) groups excluding carboxylic acids is 1. The lowest BCUT2D eigenvalue weighted by atomic mass is 9.91. The molecule has 2 aliphatic rings. The third kappa shape index (κ3) is 8.24. The zero-order valence-corrected chi connectivity index (χ0v) is 32.1. The van der Waals surface area contributed by atoms with Crippen molar-refractivity contribution in [2.24, 2.45) is 12.5 Å². The Balaban J connectivity index is 1.18. The summed E-state index contributed by atoms with van der Waals surface area (Å²) in [5, 5.41) is 11.4. The number of amides is 1. The Morgan fingerprint density at radius 3 is 2.20 bits per heavy atom. The monoisotopic (exact) mass is 772 g/mol. The summed E-state index contributed by atoms with van der Waals surface area (Å²) in [7, 11) is -2.55. The smallest absolute Gasteiger partial charge is 0.471 e. The number of fused-ring (bicyclic) bond motifs is 1. The fourth-order valence-electron chi connectivity index (χ4n) is 7.12. The van der Waals surface area contributed by atoms with E-state index in [4.69, 9.17) is 9.47 Å². The van der Waals surface area contributed by atoms with E-state index in [0.29, 0.717) is 66.9 Å². The molecule has 2 fully saturated rings. The summed E-state index contributed by atoms with van der Waals surface area (Å²) >= 11 is 0. The quantitative estimate of drug-likeness (QED) is 0.214. The molecule has 1 amide bonds. The van der Waals surface area contributed by atoms with Crippen molar-refractivity contribution < 1.29 is 41.0 Å². The molecule has 15 heteroatoms. The van der Waals surface area contributed by atoms with Gasteiger partial charge in [0.25, 0.3) is 15.6 Å². The predicted octanol–water partition coefficient (Wildman–Crippen LogP) is 5.44. The van der Waals surface area contributed by atoms with Gasteiger partial charge in [-0.1, -0.05) is 37.6 Å². The molecule has 0 atom stereocenters. The number of aryl methyl sites for hydroxylation is 2. The van der Waals surface area contributed by atoms with Crippen LogP contribution in [0.2, 0.25) is 0 Å². The van der Waals surface area contributed by atoms with Crippen LogP contribution in [0.5, 0.6) is 5.75 Å². The first-order valence-corrected chi connectivity index (χ1v) is 19.3. The van der Waals surface area contributed by atoms with Gasteiger partial charge in [-0.2, -0.15) is 13.2 Å². The molecule has 0 unspecified atom stereocenters. The third-order valence-corrected chi connectivity index (χ3v) is 11.8. The van der Waals surface area contributed by atoms with Crippen LogP contribution < -0.4 is 10.3 Å². The van der Waals surface area contributed by atoms with E-state index in [2.05, 4.69) is 18.7 Å². The van der Waals surface area contributed by atoms with Gasteiger partial charge in [0.05, 0.1) is 29.3 Å². The van der Waals surface area contributed by atoms with Crippen LogP contribution in [0.4, 0.5) is 13.2 Å². The van der Waals surface area contributed by atoms with Gasteiger partial charge in [0, 0.05) is 74.1 Å². The molecule has 292 valence electrons. The van der Waals surface area contributed by atoms with Gasteiger partial charge >= 0.3 is 12.1 Å². The zero-order chi connectivity index (χ0) is 39.4. The van der Waals surface area contributed by atoms with Gasteiger partial charge in [-0.25, -0.2) is 12.4 Å². The summed E-state index contributed by atoms with van der Waals surface area (Å²) in [4.78, 5) is 28.2. The van der Waals surface area contributed by atoms with E-state index in [1.807, 2.05) is 6.92 Å². The molecule has 11 nitrogen and oxygen atoms in total. The van der Waals surface area contributed by atoms with E-state index in [1.54, 1.807) is 63.5 Å². The number of likely N-dealkylation sites (tertiary alicyclic amines) is 2. The maximum atomic E-state index is 13.8. The summed E-state index contributed by atoms with van der Waals surface area (Å²) in [5.41, 5.74) is 0.584. The van der Waals surface area contributed by atoms with Gasteiger partial charge in [0.15, 0.2) is 0 Å². The normalized spacial score (nSPS) is 16.9. The first kappa shape index (κ1) is 39.5. The highest BCUT2D eigenvalue weighted by Crippen LogP contribution is 2.39. The lowest BCUT2D eigenvalue weighted by Gasteiger charge is -2.45. The minimum atomic E-state index is -4.87. The largest absolute Gasteiger partial charge is 0.492 e. The standard InChI is InChI=1S/C39H47F3N4O7S/c1-25-7-10-29(11-8-25)54(50,51)46-18-15-30-32(22-43(6)35(47)34(30)46)31-19-26(38(4,5)49)9-12-33(31)52-24-37(2,3)23-44-20-28(21-44)53-27-13-16-45(17-14-27)36(48)39(40,41)42/h7-12,15,18-19,22,27-28,49H,13-14,16-17,20-21,23-24H2,1-6H3. The Bertz CT molecular complexity index is 2190. The molecular formula is C39H47F3N4O7S. The number of rotatable bonds is 11. The molecule has 2 aliphatic heterocycles. The van der Waals surface area contributed by atoms with Crippen molar-refractivity contribution in [1.82, 2.24) is 18.3 Å². The highest BCUT2D eigenvalue weighted by molar-refractivity contribution is 7.90. The molecule has 0 aliphatic carbocycles. The molecular weight excluding hydrogens is 726 g/mol. The molecule has 0 spiro atoms. The lowest BCUT2D eigenvalue weighted by molar-refractivity contribution is -0.188. The third-order valence-electron chi connectivity index (χ3n) is 10.1. The summed E-state index contributed by atoms with van der Waals surface area (Å²) in [5.74, 6) is -1.31. The Morgan fingerprint density at radius 1 is 0.944 bits per heavy atom. The van der Waals surface area contributed by atoms with Crippen LogP contribution in [0, 0.1) is 12.3 Å². The lowest BCUT2D eigenvalue weighted by Crippen LogP contribution is -2.57. The van der Waals surface area contributed by atoms with Crippen molar-refractivity contribution in [2.45, 2.75) is 76.3 Å². The second-order valence-electron chi connectivity index (χ2n) is 15.8. The van der Waals surface area contributed by atoms with E-state index in [-0.39, 0.29) is 41.1 Å². The van der Waals surface area contributed by atoms with Gasteiger partial charge < -0.3 is 24.0 Å². The Morgan fingerprint density at radius 2 is 1.59 bits per heavy atom. The van der Waals surface area contributed by atoms with Crippen molar-refractivity contribution in [3.8, 4) is 16.9 Å². The SMILES string of the molecule is Cc1ccc(S(=O)(=O)n2ccc3c(-c4cc(C(C)(C)O)ccc4OCC(C)(C)CN4CC(OC5CCN(C(=O)C(F)(F)F)CC5)C4)cn(C)c(=O)c32)cc1. The first-order chi connectivity index (χ1) is 25.1. The van der Waals surface area contributed by atoms with E-state index >= 15 is 0 Å². The van der Waals surface area contributed by atoms with Crippen molar-refractivity contribution in [2.75, 3.05) is 39.3 Å². The van der Waals surface area contributed by atoms with Gasteiger partial charge in [0.2, 0.25) is 0 Å². The topological polar surface area (TPSA) is 123 Å². The average Bonchev–Trinajstić information content (AvgIpc) is 3.54. The van der Waals surface area contributed by atoms with Crippen molar-refractivity contribution in [1.29, 1.82) is 0 Å². The predicted molar refractivity (Wildman–Crippen MR) is 198 cm³/mol. The number of halogens is 3. The minimum absolute atomic E-state index is 0.00887. The number of hydrogen-bond acceptors (Lipinski definition) is 8. The molecule has 6 rings (SSSR count). The second-order valence-corrected chi connectivity index (χ2v) is 17.6. The number of hydrogen-bond donors (Lipinski definition) is 1. The van der Waals surface area contributed by atoms with Crippen LogP contribution >= 0.6 is 0 Å². The molecule has 54 heavy (non-hydrogen) atoms. The van der Waals surface area contributed by atoms with Gasteiger partial charge in [-0.05, 0) is 69.5 Å². The van der Waals surface area contributed by atoms with E-state index < -0.39 is 33.3 Å². The number of alkyl halides is 3. The van der Waals surface area contributed by atoms with Crippen molar-refractivity contribution in [3.63, 3.8) is 0 Å². The highest BCUT2D eigenvalue weighted by atomic mass is 32.2. The van der Waals surface area contributed by atoms with Crippen LogP contribution in [-0.4, -0.2) is 95.5 Å². The summed E-state index contributed by atoms with van der Waals surface area (Å²) in [6, 6.07) is 13.4. The Hall–Kier alpha value is -4.18. The number of aromatic nitrogens is 2. The molecule has 2 aromatic heterocycles. The van der Waals surface area contributed by atoms with Crippen LogP contribution in [0.15, 0.2) is 70.6 Å². The van der Waals surface area contributed by atoms with E-state index in [1.165, 1.54) is 22.9 Å². The summed E-state index contributed by atoms with van der Waals surface area (Å²) in [6.45, 7) is 11.7. The molecule has 4 heterocycles. The molecule has 0 radical (unpaired) electrons. The summed E-state index contributed by atoms with van der Waals surface area (Å²) < 4.78 is 81.0. The van der Waals surface area contributed by atoms with Gasteiger partial charge in [-0.15, -0.1) is 0 Å². The molecule has 0 saturated carbocycles. The van der Waals surface area contributed by atoms with E-state index in [9.17, 15) is 36.3 Å². The van der Waals surface area contributed by atoms with Crippen molar-refractivity contribution >= 4 is 26.8 Å². The van der Waals surface area contributed by atoms with Crippen LogP contribution in [-0.2, 0) is 32.2 Å².